The fourth-order valence-electron chi connectivity index (χ4n) is 4.18. The van der Waals surface area contributed by atoms with E-state index in [0.29, 0.717) is 17.0 Å². The van der Waals surface area contributed by atoms with Gasteiger partial charge in [-0.3, -0.25) is 19.9 Å². The lowest BCUT2D eigenvalue weighted by atomic mass is 9.96. The van der Waals surface area contributed by atoms with Crippen molar-refractivity contribution < 1.29 is 14.5 Å². The van der Waals surface area contributed by atoms with Gasteiger partial charge >= 0.3 is 0 Å². The summed E-state index contributed by atoms with van der Waals surface area (Å²) < 4.78 is 7.22. The van der Waals surface area contributed by atoms with Crippen LogP contribution in [0.5, 0.6) is 5.75 Å². The molecule has 9 nitrogen and oxygen atoms in total. The molecule has 0 saturated heterocycles. The first-order valence-electron chi connectivity index (χ1n) is 11.3. The third-order valence-corrected chi connectivity index (χ3v) is 7.10. The first kappa shape index (κ1) is 23.3. The number of hydrogen-bond acceptors (Lipinski definition) is 7. The van der Waals surface area contributed by atoms with Crippen LogP contribution in [0.25, 0.3) is 11.3 Å². The van der Waals surface area contributed by atoms with E-state index in [0.717, 1.165) is 41.7 Å². The summed E-state index contributed by atoms with van der Waals surface area (Å²) in [6.45, 7) is -0.00721. The van der Waals surface area contributed by atoms with Crippen molar-refractivity contribution >= 4 is 46.4 Å². The molecule has 2 aliphatic rings. The predicted octanol–water partition coefficient (Wildman–Crippen LogP) is 5.22. The van der Waals surface area contributed by atoms with Crippen molar-refractivity contribution in [3.8, 4) is 17.0 Å². The Kier molecular flexibility index (Phi) is 6.65. The van der Waals surface area contributed by atoms with E-state index in [-0.39, 0.29) is 29.3 Å². The zero-order valence-corrected chi connectivity index (χ0v) is 20.2. The molecule has 3 aromatic rings. The maximum absolute atomic E-state index is 11.8. The average Bonchev–Trinajstić information content (AvgIpc) is 3.25. The van der Waals surface area contributed by atoms with E-state index < -0.39 is 4.92 Å². The van der Waals surface area contributed by atoms with Gasteiger partial charge in [0, 0.05) is 22.6 Å². The maximum Gasteiger partial charge on any atom is 0.288 e. The highest BCUT2D eigenvalue weighted by Crippen LogP contribution is 2.33. The van der Waals surface area contributed by atoms with E-state index in [1.54, 1.807) is 17.0 Å². The van der Waals surface area contributed by atoms with Gasteiger partial charge in [-0.1, -0.05) is 36.9 Å². The number of rotatable bonds is 5. The Morgan fingerprint density at radius 2 is 2.03 bits per heavy atom. The molecule has 1 aliphatic heterocycles. The summed E-state index contributed by atoms with van der Waals surface area (Å²) in [7, 11) is 0. The van der Waals surface area contributed by atoms with Crippen LogP contribution in [0.15, 0.2) is 51.9 Å². The Morgan fingerprint density at radius 3 is 2.83 bits per heavy atom. The van der Waals surface area contributed by atoms with E-state index in [1.807, 2.05) is 23.6 Å². The SMILES string of the molecule is O=C1COc2ccc(-c3csc(=NC4CCCCC4)n3N=Cc3ccc(Cl)c([N+](=O)[O-])c3)cc2N1. The molecule has 35 heavy (non-hydrogen) atoms. The van der Waals surface area contributed by atoms with Crippen molar-refractivity contribution in [2.24, 2.45) is 10.1 Å². The number of thiazole rings is 1. The molecule has 5 rings (SSSR count). The number of nitro benzene ring substituents is 1. The molecule has 1 saturated carbocycles. The third kappa shape index (κ3) is 5.13. The van der Waals surface area contributed by atoms with Crippen LogP contribution in [0.4, 0.5) is 11.4 Å². The fourth-order valence-corrected chi connectivity index (χ4v) is 5.28. The van der Waals surface area contributed by atoms with Crippen molar-refractivity contribution in [1.82, 2.24) is 4.68 Å². The fraction of sp³-hybridized carbons (Fsp3) is 0.292. The molecule has 2 heterocycles. The summed E-state index contributed by atoms with van der Waals surface area (Å²) in [4.78, 5) is 28.3. The number of hydrogen-bond donors (Lipinski definition) is 1. The second-order valence-electron chi connectivity index (χ2n) is 8.40. The molecule has 0 unspecified atom stereocenters. The van der Waals surface area contributed by atoms with Gasteiger partial charge in [-0.25, -0.2) is 4.68 Å². The zero-order valence-electron chi connectivity index (χ0n) is 18.6. The number of nitro groups is 1. The van der Waals surface area contributed by atoms with Crippen molar-refractivity contribution in [2.45, 2.75) is 38.1 Å². The van der Waals surface area contributed by atoms with Gasteiger partial charge in [0.1, 0.15) is 10.8 Å². The number of anilines is 1. The Labute approximate surface area is 209 Å². The molecule has 0 atom stereocenters. The summed E-state index contributed by atoms with van der Waals surface area (Å²) >= 11 is 7.44. The first-order chi connectivity index (χ1) is 17.0. The summed E-state index contributed by atoms with van der Waals surface area (Å²) in [6, 6.07) is 10.4. The first-order valence-corrected chi connectivity index (χ1v) is 12.5. The van der Waals surface area contributed by atoms with E-state index >= 15 is 0 Å². The number of benzene rings is 2. The average molecular weight is 512 g/mol. The van der Waals surface area contributed by atoms with Gasteiger partial charge in [0.25, 0.3) is 11.6 Å². The highest BCUT2D eigenvalue weighted by molar-refractivity contribution is 7.07. The molecule has 180 valence electrons. The van der Waals surface area contributed by atoms with E-state index in [2.05, 4.69) is 10.4 Å². The summed E-state index contributed by atoms with van der Waals surface area (Å²) in [5.41, 5.74) is 2.57. The highest BCUT2D eigenvalue weighted by atomic mass is 35.5. The normalized spacial score (nSPS) is 16.7. The molecule has 0 radical (unpaired) electrons. The molecule has 11 heteroatoms. The molecule has 0 spiro atoms. The Balaban J connectivity index is 1.57. The van der Waals surface area contributed by atoms with E-state index in [4.69, 9.17) is 21.3 Å². The third-order valence-electron chi connectivity index (χ3n) is 5.95. The number of fused-ring (bicyclic) bond motifs is 1. The van der Waals surface area contributed by atoms with Gasteiger partial charge in [-0.05, 0) is 37.1 Å². The summed E-state index contributed by atoms with van der Waals surface area (Å²) in [5.74, 6) is 0.405. The molecular weight excluding hydrogens is 490 g/mol. The standard InChI is InChI=1S/C24H22ClN5O4S/c25-18-8-6-15(10-20(18)30(32)33)12-26-29-21(14-35-24(29)27-17-4-2-1-3-5-17)16-7-9-22-19(11-16)28-23(31)13-34-22/h6-12,14,17H,1-5,13H2,(H,28,31). The number of amides is 1. The van der Waals surface area contributed by atoms with Crippen molar-refractivity contribution in [3.63, 3.8) is 0 Å². The Hall–Kier alpha value is -3.50. The maximum atomic E-state index is 11.8. The van der Waals surface area contributed by atoms with Crippen LogP contribution < -0.4 is 14.9 Å². The number of carbonyl (C=O) groups is 1. The lowest BCUT2D eigenvalue weighted by Crippen LogP contribution is -2.25. The molecule has 1 aromatic heterocycles. The van der Waals surface area contributed by atoms with Crippen LogP contribution in [0.1, 0.15) is 37.7 Å². The topological polar surface area (TPSA) is 111 Å². The van der Waals surface area contributed by atoms with Gasteiger partial charge in [0.2, 0.25) is 4.80 Å². The smallest absolute Gasteiger partial charge is 0.288 e. The summed E-state index contributed by atoms with van der Waals surface area (Å²) in [5, 5.41) is 20.8. The molecule has 1 amide bonds. The quantitative estimate of drug-likeness (QED) is 0.287. The summed E-state index contributed by atoms with van der Waals surface area (Å²) in [6.07, 6.45) is 7.20. The lowest BCUT2D eigenvalue weighted by molar-refractivity contribution is -0.384. The molecule has 2 aromatic carbocycles. The van der Waals surface area contributed by atoms with E-state index in [9.17, 15) is 14.9 Å². The number of ether oxygens (including phenoxy) is 1. The predicted molar refractivity (Wildman–Crippen MR) is 135 cm³/mol. The van der Waals surface area contributed by atoms with Crippen molar-refractivity contribution in [1.29, 1.82) is 0 Å². The number of halogens is 1. The monoisotopic (exact) mass is 511 g/mol. The van der Waals surface area contributed by atoms with Crippen LogP contribution in [0, 0.1) is 10.1 Å². The minimum Gasteiger partial charge on any atom is -0.482 e. The molecule has 0 bridgehead atoms. The molecular formula is C24H22ClN5O4S. The van der Waals surface area contributed by atoms with E-state index in [1.165, 1.54) is 29.9 Å². The molecule has 1 N–H and O–H groups in total. The number of carbonyl (C=O) groups excluding carboxylic acids is 1. The largest absolute Gasteiger partial charge is 0.482 e. The van der Waals surface area contributed by atoms with Crippen molar-refractivity contribution in [2.75, 3.05) is 11.9 Å². The number of aromatic nitrogens is 1. The molecule has 1 aliphatic carbocycles. The molecule has 1 fully saturated rings. The van der Waals surface area contributed by atoms with Crippen LogP contribution in [-0.4, -0.2) is 34.4 Å². The van der Waals surface area contributed by atoms with Crippen LogP contribution in [-0.2, 0) is 4.79 Å². The second kappa shape index (κ2) is 10.0. The van der Waals surface area contributed by atoms with Gasteiger partial charge in [0.05, 0.1) is 28.6 Å². The van der Waals surface area contributed by atoms with Crippen LogP contribution >= 0.6 is 22.9 Å². The van der Waals surface area contributed by atoms with Crippen LogP contribution in [0.2, 0.25) is 5.02 Å². The number of nitrogens with one attached hydrogen (secondary N) is 1. The van der Waals surface area contributed by atoms with Gasteiger partial charge in [-0.2, -0.15) is 5.10 Å². The van der Waals surface area contributed by atoms with Gasteiger partial charge < -0.3 is 10.1 Å². The Bertz CT molecular complexity index is 1390. The second-order valence-corrected chi connectivity index (χ2v) is 9.64. The minimum absolute atomic E-state index is 0.00721. The zero-order chi connectivity index (χ0) is 24.4. The number of nitrogens with zero attached hydrogens (tertiary/aromatic N) is 4. The van der Waals surface area contributed by atoms with Crippen LogP contribution in [0.3, 0.4) is 0 Å². The highest BCUT2D eigenvalue weighted by Gasteiger charge is 2.19. The van der Waals surface area contributed by atoms with Gasteiger partial charge in [0.15, 0.2) is 6.61 Å². The van der Waals surface area contributed by atoms with Crippen molar-refractivity contribution in [3.05, 3.63) is 67.3 Å². The lowest BCUT2D eigenvalue weighted by Gasteiger charge is -2.18. The minimum atomic E-state index is -0.518. The Morgan fingerprint density at radius 1 is 1.20 bits per heavy atom. The van der Waals surface area contributed by atoms with Gasteiger partial charge in [-0.15, -0.1) is 11.3 Å².